The molecule has 2 aliphatic rings. The number of aromatic hydroxyl groups is 2. The lowest BCUT2D eigenvalue weighted by Crippen LogP contribution is -2.41. The van der Waals surface area contributed by atoms with Crippen LogP contribution in [0.5, 0.6) is 17.2 Å². The van der Waals surface area contributed by atoms with Gasteiger partial charge >= 0.3 is 0 Å². The molecular formula is C26H28N2O7. The Morgan fingerprint density at radius 2 is 1.83 bits per heavy atom. The van der Waals surface area contributed by atoms with Crippen LogP contribution >= 0.6 is 0 Å². The number of carbonyl (C=O) groups is 3. The molecule has 0 saturated carbocycles. The molecule has 0 saturated heterocycles. The fourth-order valence-electron chi connectivity index (χ4n) is 4.85. The van der Waals surface area contributed by atoms with Crippen LogP contribution in [0.15, 0.2) is 27.6 Å². The monoisotopic (exact) mass is 480 g/mol. The van der Waals surface area contributed by atoms with Crippen molar-refractivity contribution in [3.05, 3.63) is 56.8 Å². The SMILES string of the molecule is CC(=O)c1c(O)c(C)c(O)c2c1OC1=CC(=O)C(=C(C)NCCCc3c(C)noc3C)C(=O)[C@@]12C. The second-order valence-electron chi connectivity index (χ2n) is 9.22. The molecule has 2 aromatic rings. The number of aryl methyl sites for hydroxylation is 2. The van der Waals surface area contributed by atoms with Crippen molar-refractivity contribution in [2.24, 2.45) is 0 Å². The minimum Gasteiger partial charge on any atom is -0.507 e. The van der Waals surface area contributed by atoms with Gasteiger partial charge in [-0.25, -0.2) is 0 Å². The standard InChI is InChI=1S/C26H28N2O7/c1-11-22(31)20(14(4)29)24-21(23(11)32)26(6)18(34-24)10-17(30)19(25(26)33)13(3)27-9-7-8-16-12(2)28-35-15(16)5/h10,27,31-32H,7-9H2,1-6H3/t26-/m0/s1. The number of ketones is 3. The predicted molar refractivity (Wildman–Crippen MR) is 126 cm³/mol. The maximum atomic E-state index is 13.8. The number of hydrogen-bond donors (Lipinski definition) is 3. The average Bonchev–Trinajstić information content (AvgIpc) is 3.26. The van der Waals surface area contributed by atoms with Crippen molar-refractivity contribution in [1.29, 1.82) is 0 Å². The number of nitrogens with zero attached hydrogens (tertiary/aromatic N) is 1. The summed E-state index contributed by atoms with van der Waals surface area (Å²) in [5, 5.41) is 28.4. The molecule has 1 aromatic carbocycles. The van der Waals surface area contributed by atoms with Crippen molar-refractivity contribution in [3.8, 4) is 17.2 Å². The summed E-state index contributed by atoms with van der Waals surface area (Å²) >= 11 is 0. The summed E-state index contributed by atoms with van der Waals surface area (Å²) < 4.78 is 11.0. The maximum absolute atomic E-state index is 13.8. The number of nitrogens with one attached hydrogen (secondary N) is 1. The Morgan fingerprint density at radius 1 is 1.14 bits per heavy atom. The molecule has 0 radical (unpaired) electrons. The van der Waals surface area contributed by atoms with Crippen LogP contribution in [-0.2, 0) is 21.4 Å². The molecule has 4 rings (SSSR count). The normalized spacial score (nSPS) is 20.2. The van der Waals surface area contributed by atoms with Crippen molar-refractivity contribution >= 4 is 17.3 Å². The van der Waals surface area contributed by atoms with Crippen molar-refractivity contribution in [2.75, 3.05) is 6.54 Å². The first-order valence-electron chi connectivity index (χ1n) is 11.4. The lowest BCUT2D eigenvalue weighted by molar-refractivity contribution is -0.123. The van der Waals surface area contributed by atoms with Gasteiger partial charge in [-0.2, -0.15) is 0 Å². The van der Waals surface area contributed by atoms with Gasteiger partial charge in [0.05, 0.1) is 16.8 Å². The molecular weight excluding hydrogens is 452 g/mol. The van der Waals surface area contributed by atoms with Gasteiger partial charge < -0.3 is 24.8 Å². The van der Waals surface area contributed by atoms with Crippen molar-refractivity contribution in [3.63, 3.8) is 0 Å². The Labute approximate surface area is 202 Å². The topological polar surface area (TPSA) is 139 Å². The molecule has 1 aliphatic carbocycles. The van der Waals surface area contributed by atoms with Crippen LogP contribution in [0, 0.1) is 20.8 Å². The van der Waals surface area contributed by atoms with E-state index >= 15 is 0 Å². The minimum atomic E-state index is -1.52. The van der Waals surface area contributed by atoms with Crippen LogP contribution in [0.3, 0.4) is 0 Å². The summed E-state index contributed by atoms with van der Waals surface area (Å²) in [7, 11) is 0. The molecule has 9 heteroatoms. The number of benzene rings is 1. The third-order valence-corrected chi connectivity index (χ3v) is 6.93. The summed E-state index contributed by atoms with van der Waals surface area (Å²) in [6, 6.07) is 0. The highest BCUT2D eigenvalue weighted by Gasteiger charge is 2.56. The lowest BCUT2D eigenvalue weighted by atomic mass is 9.70. The minimum absolute atomic E-state index is 0.0141. The molecule has 9 nitrogen and oxygen atoms in total. The average molecular weight is 481 g/mol. The molecule has 0 unspecified atom stereocenters. The summed E-state index contributed by atoms with van der Waals surface area (Å²) in [5.74, 6) is -1.65. The number of rotatable bonds is 6. The second-order valence-corrected chi connectivity index (χ2v) is 9.22. The van der Waals surface area contributed by atoms with E-state index in [1.54, 1.807) is 13.8 Å². The largest absolute Gasteiger partial charge is 0.507 e. The van der Waals surface area contributed by atoms with E-state index in [2.05, 4.69) is 10.5 Å². The molecule has 184 valence electrons. The zero-order valence-corrected chi connectivity index (χ0v) is 20.6. The van der Waals surface area contributed by atoms with E-state index in [-0.39, 0.29) is 39.5 Å². The van der Waals surface area contributed by atoms with Gasteiger partial charge in [-0.05, 0) is 54.4 Å². The van der Waals surface area contributed by atoms with Crippen LogP contribution in [-0.4, -0.2) is 39.3 Å². The number of hydrogen-bond acceptors (Lipinski definition) is 9. The summed E-state index contributed by atoms with van der Waals surface area (Å²) in [4.78, 5) is 39.0. The highest BCUT2D eigenvalue weighted by molar-refractivity contribution is 6.31. The Kier molecular flexibility index (Phi) is 5.82. The van der Waals surface area contributed by atoms with E-state index in [9.17, 15) is 24.6 Å². The second kappa shape index (κ2) is 8.41. The van der Waals surface area contributed by atoms with Gasteiger partial charge in [0, 0.05) is 29.4 Å². The van der Waals surface area contributed by atoms with Gasteiger partial charge in [-0.3, -0.25) is 14.4 Å². The molecule has 3 N–H and O–H groups in total. The summed E-state index contributed by atoms with van der Waals surface area (Å²) in [6.07, 6.45) is 2.66. The Morgan fingerprint density at radius 3 is 2.43 bits per heavy atom. The molecule has 1 aliphatic heterocycles. The van der Waals surface area contributed by atoms with Gasteiger partial charge in [-0.1, -0.05) is 5.16 Å². The van der Waals surface area contributed by atoms with E-state index in [1.807, 2.05) is 13.8 Å². The number of aromatic nitrogens is 1. The number of phenolic OH excluding ortho intramolecular Hbond substituents is 2. The third-order valence-electron chi connectivity index (χ3n) is 6.93. The number of Topliss-reactive ketones (excluding diaryl/α,β-unsaturated/α-hetero) is 2. The number of ether oxygens (including phenoxy) is 1. The predicted octanol–water partition coefficient (Wildman–Crippen LogP) is 3.40. The molecule has 2 heterocycles. The zero-order chi connectivity index (χ0) is 25.8. The molecule has 35 heavy (non-hydrogen) atoms. The lowest BCUT2D eigenvalue weighted by Gasteiger charge is -2.29. The molecule has 1 aromatic heterocycles. The van der Waals surface area contributed by atoms with E-state index in [0.717, 1.165) is 29.9 Å². The van der Waals surface area contributed by atoms with E-state index in [1.165, 1.54) is 19.9 Å². The molecule has 1 atom stereocenters. The van der Waals surface area contributed by atoms with Crippen LogP contribution < -0.4 is 10.1 Å². The van der Waals surface area contributed by atoms with Gasteiger partial charge in [0.25, 0.3) is 0 Å². The van der Waals surface area contributed by atoms with Crippen LogP contribution in [0.2, 0.25) is 0 Å². The molecule has 0 fully saturated rings. The van der Waals surface area contributed by atoms with E-state index in [0.29, 0.717) is 12.2 Å². The maximum Gasteiger partial charge on any atom is 0.194 e. The van der Waals surface area contributed by atoms with E-state index in [4.69, 9.17) is 9.26 Å². The van der Waals surface area contributed by atoms with Crippen LogP contribution in [0.4, 0.5) is 0 Å². The highest BCUT2D eigenvalue weighted by Crippen LogP contribution is 2.57. The van der Waals surface area contributed by atoms with Crippen LogP contribution in [0.1, 0.15) is 65.7 Å². The number of phenols is 2. The van der Waals surface area contributed by atoms with Crippen molar-refractivity contribution in [2.45, 2.75) is 59.8 Å². The van der Waals surface area contributed by atoms with Crippen molar-refractivity contribution in [1.82, 2.24) is 10.5 Å². The fraction of sp³-hybridized carbons (Fsp3) is 0.385. The van der Waals surface area contributed by atoms with Gasteiger partial charge in [0.2, 0.25) is 0 Å². The quantitative estimate of drug-likeness (QED) is 0.246. The van der Waals surface area contributed by atoms with Gasteiger partial charge in [0.1, 0.15) is 39.7 Å². The molecule has 0 amide bonds. The van der Waals surface area contributed by atoms with Gasteiger partial charge in [-0.15, -0.1) is 0 Å². The first kappa shape index (κ1) is 24.3. The summed E-state index contributed by atoms with van der Waals surface area (Å²) in [5.41, 5.74) is 0.723. The number of allylic oxidation sites excluding steroid dienone is 4. The Hall–Kier alpha value is -3.88. The fourth-order valence-corrected chi connectivity index (χ4v) is 4.85. The third kappa shape index (κ3) is 3.53. The zero-order valence-electron chi connectivity index (χ0n) is 20.6. The first-order chi connectivity index (χ1) is 16.4. The summed E-state index contributed by atoms with van der Waals surface area (Å²) in [6.45, 7) is 10.1. The first-order valence-corrected chi connectivity index (χ1v) is 11.4. The van der Waals surface area contributed by atoms with Gasteiger partial charge in [0.15, 0.2) is 17.3 Å². The van der Waals surface area contributed by atoms with Crippen LogP contribution in [0.25, 0.3) is 0 Å². The Bertz CT molecular complexity index is 1340. The van der Waals surface area contributed by atoms with Crippen molar-refractivity contribution < 1.29 is 33.9 Å². The highest BCUT2D eigenvalue weighted by atomic mass is 16.5. The number of carbonyl (C=O) groups excluding carboxylic acids is 3. The molecule has 0 spiro atoms. The van der Waals surface area contributed by atoms with E-state index < -0.39 is 28.5 Å². The smallest absolute Gasteiger partial charge is 0.194 e. The number of fused-ring (bicyclic) bond motifs is 3. The molecule has 0 bridgehead atoms. The Balaban J connectivity index is 1.68.